The molecule has 1 aromatic carbocycles. The Kier molecular flexibility index (Phi) is 5.14. The largest absolute Gasteiger partial charge is 0.142 e. The van der Waals surface area contributed by atoms with Gasteiger partial charge in [-0.25, -0.2) is 0 Å². The molecule has 25 heavy (non-hydrogen) atoms. The maximum Gasteiger partial charge on any atom is 0.0534 e. The third-order valence-corrected chi connectivity index (χ3v) is 7.62. The minimum absolute atomic E-state index is 0.529. The van der Waals surface area contributed by atoms with Crippen LogP contribution in [0, 0.1) is 13.8 Å². The number of hydrogen-bond acceptors (Lipinski definition) is 2. The Bertz CT molecular complexity index is 875. The molecule has 3 rings (SSSR count). The summed E-state index contributed by atoms with van der Waals surface area (Å²) in [7, 11) is 0. The first-order valence-corrected chi connectivity index (χ1v) is 11.1. The van der Waals surface area contributed by atoms with Crippen LogP contribution in [0.15, 0.2) is 17.5 Å². The second-order valence-corrected chi connectivity index (χ2v) is 10.3. The first kappa shape index (κ1) is 18.7. The van der Waals surface area contributed by atoms with Gasteiger partial charge in [-0.3, -0.25) is 0 Å². The Morgan fingerprint density at radius 1 is 0.720 bits per heavy atom. The maximum atomic E-state index is 2.47. The van der Waals surface area contributed by atoms with Gasteiger partial charge < -0.3 is 0 Å². The molecule has 3 aromatic rings. The van der Waals surface area contributed by atoms with Crippen LogP contribution in [0.1, 0.15) is 86.4 Å². The molecule has 2 heterocycles. The van der Waals surface area contributed by atoms with Crippen LogP contribution in [-0.4, -0.2) is 0 Å². The fraction of sp³-hybridized carbons (Fsp3) is 0.478. The summed E-state index contributed by atoms with van der Waals surface area (Å²) in [6.45, 7) is 18.5. The zero-order valence-corrected chi connectivity index (χ0v) is 18.4. The average molecular weight is 371 g/mol. The van der Waals surface area contributed by atoms with E-state index in [1.807, 2.05) is 22.7 Å². The standard InChI is InChI=1S/C23H30S2/c1-12(2)17-9-18(13(3)4)21(19(10-17)14(5)6)20-16(8)25-22-15(7)11-24-23(20)22/h9-14H,1-8H3. The molecule has 0 N–H and O–H groups in total. The van der Waals surface area contributed by atoms with Crippen molar-refractivity contribution < 1.29 is 0 Å². The molecule has 0 spiro atoms. The lowest BCUT2D eigenvalue weighted by Gasteiger charge is -2.23. The molecular weight excluding hydrogens is 340 g/mol. The molecule has 0 atom stereocenters. The zero-order chi connectivity index (χ0) is 18.5. The molecule has 0 bridgehead atoms. The van der Waals surface area contributed by atoms with E-state index in [4.69, 9.17) is 0 Å². The summed E-state index contributed by atoms with van der Waals surface area (Å²) in [5, 5.41) is 2.32. The summed E-state index contributed by atoms with van der Waals surface area (Å²) in [5.74, 6) is 1.62. The minimum Gasteiger partial charge on any atom is -0.142 e. The monoisotopic (exact) mass is 370 g/mol. The van der Waals surface area contributed by atoms with Gasteiger partial charge in [0.1, 0.15) is 0 Å². The molecule has 0 saturated heterocycles. The maximum absolute atomic E-state index is 2.47. The highest BCUT2D eigenvalue weighted by Crippen LogP contribution is 2.48. The molecule has 0 saturated carbocycles. The summed E-state index contributed by atoms with van der Waals surface area (Å²) in [4.78, 5) is 1.46. The van der Waals surface area contributed by atoms with Crippen LogP contribution in [0.4, 0.5) is 0 Å². The number of hydrogen-bond donors (Lipinski definition) is 0. The van der Waals surface area contributed by atoms with E-state index in [0.29, 0.717) is 17.8 Å². The van der Waals surface area contributed by atoms with Gasteiger partial charge in [-0.05, 0) is 64.8 Å². The number of aryl methyl sites for hydroxylation is 2. The second kappa shape index (κ2) is 6.89. The fourth-order valence-electron chi connectivity index (χ4n) is 3.63. The fourth-order valence-corrected chi connectivity index (χ4v) is 6.12. The summed E-state index contributed by atoms with van der Waals surface area (Å²) >= 11 is 3.89. The molecule has 0 unspecified atom stereocenters. The molecule has 0 radical (unpaired) electrons. The lowest BCUT2D eigenvalue weighted by molar-refractivity contribution is 0.808. The smallest absolute Gasteiger partial charge is 0.0534 e. The number of benzene rings is 1. The quantitative estimate of drug-likeness (QED) is 0.431. The van der Waals surface area contributed by atoms with Crippen molar-refractivity contribution in [2.45, 2.75) is 73.1 Å². The second-order valence-electron chi connectivity index (χ2n) is 8.15. The minimum atomic E-state index is 0.529. The van der Waals surface area contributed by atoms with Crippen molar-refractivity contribution >= 4 is 32.1 Å². The van der Waals surface area contributed by atoms with E-state index in [0.717, 1.165) is 0 Å². The Labute approximate surface area is 160 Å². The normalized spacial score (nSPS) is 12.3. The SMILES string of the molecule is Cc1sc2c(C)csc2c1-c1c(C(C)C)cc(C(C)C)cc1C(C)C. The van der Waals surface area contributed by atoms with Gasteiger partial charge in [-0.1, -0.05) is 53.7 Å². The average Bonchev–Trinajstić information content (AvgIpc) is 3.04. The van der Waals surface area contributed by atoms with Crippen molar-refractivity contribution in [2.75, 3.05) is 0 Å². The van der Waals surface area contributed by atoms with Gasteiger partial charge in [-0.2, -0.15) is 0 Å². The van der Waals surface area contributed by atoms with E-state index in [1.54, 1.807) is 0 Å². The van der Waals surface area contributed by atoms with E-state index < -0.39 is 0 Å². The summed E-state index contributed by atoms with van der Waals surface area (Å²) in [5.41, 5.74) is 8.95. The van der Waals surface area contributed by atoms with Gasteiger partial charge in [0.15, 0.2) is 0 Å². The van der Waals surface area contributed by atoms with Gasteiger partial charge in [0, 0.05) is 15.1 Å². The van der Waals surface area contributed by atoms with E-state index in [1.165, 1.54) is 47.7 Å². The topological polar surface area (TPSA) is 0 Å². The van der Waals surface area contributed by atoms with Crippen molar-refractivity contribution in [2.24, 2.45) is 0 Å². The van der Waals surface area contributed by atoms with Gasteiger partial charge >= 0.3 is 0 Å². The van der Waals surface area contributed by atoms with Crippen LogP contribution < -0.4 is 0 Å². The first-order valence-electron chi connectivity index (χ1n) is 9.37. The highest BCUT2D eigenvalue weighted by Gasteiger charge is 2.23. The molecule has 0 aliphatic carbocycles. The van der Waals surface area contributed by atoms with Crippen LogP contribution in [0.2, 0.25) is 0 Å². The van der Waals surface area contributed by atoms with E-state index in [2.05, 4.69) is 72.9 Å². The van der Waals surface area contributed by atoms with Crippen molar-refractivity contribution in [3.8, 4) is 11.1 Å². The predicted octanol–water partition coefficient (Wildman–Crippen LogP) is 8.62. The third-order valence-electron chi connectivity index (χ3n) is 5.13. The lowest BCUT2D eigenvalue weighted by Crippen LogP contribution is -2.03. The Morgan fingerprint density at radius 2 is 1.28 bits per heavy atom. The zero-order valence-electron chi connectivity index (χ0n) is 16.8. The molecule has 134 valence electrons. The van der Waals surface area contributed by atoms with E-state index >= 15 is 0 Å². The molecule has 2 heteroatoms. The number of thiophene rings is 2. The first-order chi connectivity index (χ1) is 11.7. The van der Waals surface area contributed by atoms with Gasteiger partial charge in [0.05, 0.1) is 4.70 Å². The van der Waals surface area contributed by atoms with Crippen LogP contribution in [-0.2, 0) is 0 Å². The highest BCUT2D eigenvalue weighted by atomic mass is 32.1. The molecule has 2 aromatic heterocycles. The molecule has 0 amide bonds. The number of fused-ring (bicyclic) bond motifs is 1. The Balaban J connectivity index is 2.42. The molecule has 0 aliphatic rings. The van der Waals surface area contributed by atoms with Crippen LogP contribution in [0.5, 0.6) is 0 Å². The van der Waals surface area contributed by atoms with E-state index in [9.17, 15) is 0 Å². The molecule has 0 aliphatic heterocycles. The summed E-state index contributed by atoms with van der Waals surface area (Å²) < 4.78 is 2.97. The molecule has 0 fully saturated rings. The van der Waals surface area contributed by atoms with Crippen molar-refractivity contribution in [3.05, 3.63) is 44.6 Å². The number of rotatable bonds is 4. The summed E-state index contributed by atoms with van der Waals surface area (Å²) in [6.07, 6.45) is 0. The Morgan fingerprint density at radius 3 is 1.76 bits per heavy atom. The van der Waals surface area contributed by atoms with Gasteiger partial charge in [-0.15, -0.1) is 22.7 Å². The highest BCUT2D eigenvalue weighted by molar-refractivity contribution is 7.28. The van der Waals surface area contributed by atoms with Gasteiger partial charge in [0.25, 0.3) is 0 Å². The Hall–Kier alpha value is -1.12. The molecule has 0 nitrogen and oxygen atoms in total. The lowest BCUT2D eigenvalue weighted by atomic mass is 9.82. The van der Waals surface area contributed by atoms with Crippen molar-refractivity contribution in [3.63, 3.8) is 0 Å². The molecular formula is C23H30S2. The van der Waals surface area contributed by atoms with Gasteiger partial charge in [0.2, 0.25) is 0 Å². The van der Waals surface area contributed by atoms with Crippen molar-refractivity contribution in [1.82, 2.24) is 0 Å². The van der Waals surface area contributed by atoms with E-state index in [-0.39, 0.29) is 0 Å². The van der Waals surface area contributed by atoms with Crippen molar-refractivity contribution in [1.29, 1.82) is 0 Å². The van der Waals surface area contributed by atoms with Crippen LogP contribution >= 0.6 is 22.7 Å². The van der Waals surface area contributed by atoms with Crippen LogP contribution in [0.3, 0.4) is 0 Å². The summed E-state index contributed by atoms with van der Waals surface area (Å²) in [6, 6.07) is 4.94. The van der Waals surface area contributed by atoms with Crippen LogP contribution in [0.25, 0.3) is 20.5 Å². The predicted molar refractivity (Wildman–Crippen MR) is 117 cm³/mol. The third kappa shape index (κ3) is 3.19.